The van der Waals surface area contributed by atoms with Crippen LogP contribution in [0, 0.1) is 6.92 Å². The van der Waals surface area contributed by atoms with Crippen LogP contribution in [0.15, 0.2) is 36.4 Å². The molecule has 1 N–H and O–H groups in total. The minimum atomic E-state index is -3.71. The van der Waals surface area contributed by atoms with Gasteiger partial charge in [0.1, 0.15) is 12.3 Å². The number of nitrogens with zero attached hydrogens (tertiary/aromatic N) is 1. The average Bonchev–Trinajstić information content (AvgIpc) is 2.55. The zero-order chi connectivity index (χ0) is 19.5. The van der Waals surface area contributed by atoms with Crippen molar-refractivity contribution in [2.45, 2.75) is 6.92 Å². The van der Waals surface area contributed by atoms with Crippen molar-refractivity contribution < 1.29 is 17.9 Å². The van der Waals surface area contributed by atoms with E-state index in [1.54, 1.807) is 37.3 Å². The number of hydrogen-bond acceptors (Lipinski definition) is 4. The molecule has 2 aromatic carbocycles. The van der Waals surface area contributed by atoms with E-state index in [2.05, 4.69) is 5.32 Å². The molecule has 0 atom stereocenters. The molecule has 2 aromatic rings. The first-order chi connectivity index (χ1) is 12.1. The maximum Gasteiger partial charge on any atom is 0.245 e. The van der Waals surface area contributed by atoms with Gasteiger partial charge in [-0.3, -0.25) is 9.10 Å². The summed E-state index contributed by atoms with van der Waals surface area (Å²) < 4.78 is 30.6. The summed E-state index contributed by atoms with van der Waals surface area (Å²) in [5.74, 6) is -0.136. The molecular formula is C17H18Cl2N2O4S. The number of carbonyl (C=O) groups excluding carboxylic acids is 1. The molecular weight excluding hydrogens is 399 g/mol. The normalized spacial score (nSPS) is 11.1. The number of amides is 1. The van der Waals surface area contributed by atoms with E-state index in [0.717, 1.165) is 10.6 Å². The van der Waals surface area contributed by atoms with Gasteiger partial charge in [0.25, 0.3) is 0 Å². The highest BCUT2D eigenvalue weighted by atomic mass is 35.5. The van der Waals surface area contributed by atoms with Crippen molar-refractivity contribution in [2.24, 2.45) is 0 Å². The molecule has 0 saturated heterocycles. The Hall–Kier alpha value is -1.96. The van der Waals surface area contributed by atoms with Gasteiger partial charge in [-0.1, -0.05) is 29.3 Å². The summed E-state index contributed by atoms with van der Waals surface area (Å²) >= 11 is 12.0. The van der Waals surface area contributed by atoms with Gasteiger partial charge in [-0.25, -0.2) is 8.42 Å². The summed E-state index contributed by atoms with van der Waals surface area (Å²) in [5, 5.41) is 3.44. The Morgan fingerprint density at radius 1 is 1.23 bits per heavy atom. The van der Waals surface area contributed by atoms with E-state index in [0.29, 0.717) is 32.7 Å². The smallest absolute Gasteiger partial charge is 0.245 e. The topological polar surface area (TPSA) is 75.7 Å². The maximum atomic E-state index is 12.5. The first kappa shape index (κ1) is 20.4. The molecule has 26 heavy (non-hydrogen) atoms. The monoisotopic (exact) mass is 416 g/mol. The number of ether oxygens (including phenoxy) is 1. The van der Waals surface area contributed by atoms with Crippen LogP contribution in [0.4, 0.5) is 11.4 Å². The van der Waals surface area contributed by atoms with E-state index < -0.39 is 22.5 Å². The number of sulfonamides is 1. The predicted molar refractivity (Wildman–Crippen MR) is 105 cm³/mol. The average molecular weight is 417 g/mol. The van der Waals surface area contributed by atoms with Crippen molar-refractivity contribution in [1.29, 1.82) is 0 Å². The molecule has 9 heteroatoms. The van der Waals surface area contributed by atoms with Crippen LogP contribution in [0.3, 0.4) is 0 Å². The van der Waals surface area contributed by atoms with Gasteiger partial charge in [0, 0.05) is 10.0 Å². The van der Waals surface area contributed by atoms with Gasteiger partial charge in [0.2, 0.25) is 15.9 Å². The lowest BCUT2D eigenvalue weighted by atomic mass is 10.2. The van der Waals surface area contributed by atoms with Gasteiger partial charge in [0.15, 0.2) is 0 Å². The van der Waals surface area contributed by atoms with Crippen molar-refractivity contribution in [1.82, 2.24) is 0 Å². The molecule has 0 heterocycles. The number of anilines is 2. The lowest BCUT2D eigenvalue weighted by molar-refractivity contribution is -0.114. The van der Waals surface area contributed by atoms with E-state index in [1.165, 1.54) is 13.2 Å². The Bertz CT molecular complexity index is 932. The summed E-state index contributed by atoms with van der Waals surface area (Å²) in [6.07, 6.45) is 1.03. The highest BCUT2D eigenvalue weighted by molar-refractivity contribution is 7.92. The van der Waals surface area contributed by atoms with Crippen LogP contribution in [-0.4, -0.2) is 34.2 Å². The van der Waals surface area contributed by atoms with Gasteiger partial charge < -0.3 is 10.1 Å². The molecule has 0 radical (unpaired) electrons. The summed E-state index contributed by atoms with van der Waals surface area (Å²) in [5.41, 5.74) is 1.25. The van der Waals surface area contributed by atoms with Crippen LogP contribution in [0.25, 0.3) is 0 Å². The van der Waals surface area contributed by atoms with E-state index >= 15 is 0 Å². The molecule has 0 fully saturated rings. The summed E-state index contributed by atoms with van der Waals surface area (Å²) in [6, 6.07) is 9.61. The third-order valence-electron chi connectivity index (χ3n) is 3.63. The number of carbonyl (C=O) groups is 1. The van der Waals surface area contributed by atoms with E-state index in [-0.39, 0.29) is 0 Å². The van der Waals surface area contributed by atoms with Crippen LogP contribution in [-0.2, 0) is 14.8 Å². The molecule has 0 aliphatic heterocycles. The second-order valence-corrected chi connectivity index (χ2v) is 8.30. The van der Waals surface area contributed by atoms with Gasteiger partial charge in [0.05, 0.1) is 24.7 Å². The Balaban J connectivity index is 2.31. The van der Waals surface area contributed by atoms with E-state index in [4.69, 9.17) is 27.9 Å². The molecule has 0 aliphatic rings. The van der Waals surface area contributed by atoms with Crippen LogP contribution >= 0.6 is 23.2 Å². The number of hydrogen-bond donors (Lipinski definition) is 1. The Labute approximate surface area is 162 Å². The second kappa shape index (κ2) is 8.16. The van der Waals surface area contributed by atoms with E-state index in [9.17, 15) is 13.2 Å². The molecule has 2 rings (SSSR count). The predicted octanol–water partition coefficient (Wildman–Crippen LogP) is 3.72. The number of halogens is 2. The SMILES string of the molecule is COc1ccc(Cl)cc1NC(=O)CN(c1cccc(Cl)c1C)S(C)(=O)=O. The van der Waals surface area contributed by atoms with Crippen molar-refractivity contribution in [3.63, 3.8) is 0 Å². The summed E-state index contributed by atoms with van der Waals surface area (Å²) in [4.78, 5) is 12.5. The Morgan fingerprint density at radius 2 is 1.92 bits per heavy atom. The van der Waals surface area contributed by atoms with Gasteiger partial charge in [-0.05, 0) is 42.8 Å². The lowest BCUT2D eigenvalue weighted by Gasteiger charge is -2.24. The lowest BCUT2D eigenvalue weighted by Crippen LogP contribution is -2.38. The second-order valence-electron chi connectivity index (χ2n) is 5.55. The van der Waals surface area contributed by atoms with Crippen LogP contribution in [0.1, 0.15) is 5.56 Å². The molecule has 0 bridgehead atoms. The quantitative estimate of drug-likeness (QED) is 0.778. The highest BCUT2D eigenvalue weighted by Gasteiger charge is 2.23. The fourth-order valence-electron chi connectivity index (χ4n) is 2.35. The first-order valence-corrected chi connectivity index (χ1v) is 10.1. The zero-order valence-corrected chi connectivity index (χ0v) is 16.7. The van der Waals surface area contributed by atoms with Gasteiger partial charge in [-0.2, -0.15) is 0 Å². The molecule has 0 aliphatic carbocycles. The zero-order valence-electron chi connectivity index (χ0n) is 14.4. The molecule has 0 aromatic heterocycles. The minimum Gasteiger partial charge on any atom is -0.495 e. The molecule has 0 saturated carbocycles. The maximum absolute atomic E-state index is 12.5. The standard InChI is InChI=1S/C17H18Cl2N2O4S/c1-11-13(19)5-4-6-15(11)21(26(3,23)24)10-17(22)20-14-9-12(18)7-8-16(14)25-2/h4-9H,10H2,1-3H3,(H,20,22). The molecule has 140 valence electrons. The first-order valence-electron chi connectivity index (χ1n) is 7.49. The summed E-state index contributed by atoms with van der Waals surface area (Å²) in [6.45, 7) is 1.27. The largest absolute Gasteiger partial charge is 0.495 e. The van der Waals surface area contributed by atoms with Crippen molar-refractivity contribution in [3.05, 3.63) is 52.0 Å². The molecule has 6 nitrogen and oxygen atoms in total. The number of benzene rings is 2. The van der Waals surface area contributed by atoms with Gasteiger partial charge in [-0.15, -0.1) is 0 Å². The summed E-state index contributed by atoms with van der Waals surface area (Å²) in [7, 11) is -2.26. The fraction of sp³-hybridized carbons (Fsp3) is 0.235. The van der Waals surface area contributed by atoms with Crippen molar-refractivity contribution >= 4 is 50.5 Å². The number of nitrogens with one attached hydrogen (secondary N) is 1. The third-order valence-corrected chi connectivity index (χ3v) is 5.40. The highest BCUT2D eigenvalue weighted by Crippen LogP contribution is 2.30. The van der Waals surface area contributed by atoms with E-state index in [1.807, 2.05) is 0 Å². The minimum absolute atomic E-state index is 0.341. The Kier molecular flexibility index (Phi) is 6.39. The molecule has 0 unspecified atom stereocenters. The fourth-order valence-corrected chi connectivity index (χ4v) is 3.59. The Morgan fingerprint density at radius 3 is 2.54 bits per heavy atom. The van der Waals surface area contributed by atoms with Crippen LogP contribution in [0.5, 0.6) is 5.75 Å². The van der Waals surface area contributed by atoms with Crippen LogP contribution < -0.4 is 14.4 Å². The molecule has 0 spiro atoms. The van der Waals surface area contributed by atoms with Crippen molar-refractivity contribution in [3.8, 4) is 5.75 Å². The van der Waals surface area contributed by atoms with Crippen molar-refractivity contribution in [2.75, 3.05) is 29.5 Å². The number of rotatable bonds is 6. The van der Waals surface area contributed by atoms with Crippen LogP contribution in [0.2, 0.25) is 10.0 Å². The van der Waals surface area contributed by atoms with Gasteiger partial charge >= 0.3 is 0 Å². The molecule has 1 amide bonds. The third kappa shape index (κ3) is 4.81. The number of methoxy groups -OCH3 is 1.